The number of hydrazone groups is 1. The number of carbonyl (C=O) groups is 1. The van der Waals surface area contributed by atoms with Gasteiger partial charge in [0.2, 0.25) is 0 Å². The highest BCUT2D eigenvalue weighted by molar-refractivity contribution is 6.06. The zero-order chi connectivity index (χ0) is 18.5. The molecule has 0 atom stereocenters. The maximum atomic E-state index is 12.3. The number of hydrogen-bond acceptors (Lipinski definition) is 4. The van der Waals surface area contributed by atoms with E-state index in [0.29, 0.717) is 11.1 Å². The Balaban J connectivity index is 1.71. The number of anilines is 1. The van der Waals surface area contributed by atoms with Gasteiger partial charge >= 0.3 is 0 Å². The fraction of sp³-hybridized carbons (Fsp3) is 0.200. The summed E-state index contributed by atoms with van der Waals surface area (Å²) in [6.45, 7) is 5.86. The largest absolute Gasteiger partial charge is 0.507 e. The molecule has 0 spiro atoms. The first-order chi connectivity index (χ1) is 12.6. The summed E-state index contributed by atoms with van der Waals surface area (Å²) in [4.78, 5) is 17.5. The van der Waals surface area contributed by atoms with Crippen molar-refractivity contribution < 1.29 is 9.90 Å². The number of amides is 1. The number of aromatic amines is 1. The Kier molecular flexibility index (Phi) is 5.22. The van der Waals surface area contributed by atoms with Crippen LogP contribution < -0.4 is 10.3 Å². The number of nitrogens with one attached hydrogen (secondary N) is 2. The van der Waals surface area contributed by atoms with Crippen LogP contribution in [0.25, 0.3) is 10.9 Å². The molecule has 1 aromatic heterocycles. The number of rotatable bonds is 6. The lowest BCUT2D eigenvalue weighted by Gasteiger charge is -2.21. The summed E-state index contributed by atoms with van der Waals surface area (Å²) in [6, 6.07) is 13.0. The summed E-state index contributed by atoms with van der Waals surface area (Å²) >= 11 is 0. The van der Waals surface area contributed by atoms with Gasteiger partial charge in [-0.1, -0.05) is 18.2 Å². The van der Waals surface area contributed by atoms with Gasteiger partial charge in [-0.25, -0.2) is 5.43 Å². The third-order valence-corrected chi connectivity index (χ3v) is 4.35. The fourth-order valence-corrected chi connectivity index (χ4v) is 2.91. The molecule has 0 fully saturated rings. The van der Waals surface area contributed by atoms with Crippen LogP contribution in [0, 0.1) is 0 Å². The first-order valence-corrected chi connectivity index (χ1v) is 8.61. The zero-order valence-electron chi connectivity index (χ0n) is 14.9. The lowest BCUT2D eigenvalue weighted by atomic mass is 10.1. The third-order valence-electron chi connectivity index (χ3n) is 4.35. The van der Waals surface area contributed by atoms with Crippen LogP contribution in [0.15, 0.2) is 53.8 Å². The van der Waals surface area contributed by atoms with Gasteiger partial charge in [-0.3, -0.25) is 4.79 Å². The van der Waals surface area contributed by atoms with E-state index in [9.17, 15) is 9.90 Å². The molecule has 134 valence electrons. The smallest absolute Gasteiger partial charge is 0.273 e. The number of aromatic hydroxyl groups is 1. The quantitative estimate of drug-likeness (QED) is 0.470. The molecule has 0 unspecified atom stereocenters. The normalized spacial score (nSPS) is 11.2. The molecule has 0 aliphatic heterocycles. The van der Waals surface area contributed by atoms with Crippen molar-refractivity contribution in [3.63, 3.8) is 0 Å². The van der Waals surface area contributed by atoms with Crippen molar-refractivity contribution in [2.45, 2.75) is 13.8 Å². The minimum absolute atomic E-state index is 0.125. The highest BCUT2D eigenvalue weighted by atomic mass is 16.3. The molecule has 6 nitrogen and oxygen atoms in total. The summed E-state index contributed by atoms with van der Waals surface area (Å²) < 4.78 is 0. The predicted octanol–water partition coefficient (Wildman–Crippen LogP) is 3.48. The molecule has 2 aromatic carbocycles. The number of H-pyrrole nitrogens is 1. The Labute approximate surface area is 152 Å². The lowest BCUT2D eigenvalue weighted by Crippen LogP contribution is -2.21. The molecule has 0 aliphatic carbocycles. The van der Waals surface area contributed by atoms with Gasteiger partial charge in [-0.15, -0.1) is 0 Å². The molecule has 0 saturated carbocycles. The standard InChI is InChI=1S/C20H22N4O2/c1-3-24(4-2)15-10-9-14(19(25)11-15)12-22-23-20(26)17-13-21-18-8-6-5-7-16(17)18/h5-13,21,25H,3-4H2,1-2H3,(H,23,26)/b22-12-. The first-order valence-electron chi connectivity index (χ1n) is 8.61. The summed E-state index contributed by atoms with van der Waals surface area (Å²) in [5.74, 6) is -0.183. The summed E-state index contributed by atoms with van der Waals surface area (Å²) in [6.07, 6.45) is 3.10. The molecule has 0 aliphatic rings. The second-order valence-electron chi connectivity index (χ2n) is 5.86. The molecule has 1 amide bonds. The molecule has 26 heavy (non-hydrogen) atoms. The van der Waals surface area contributed by atoms with Gasteiger partial charge in [0.1, 0.15) is 5.75 Å². The van der Waals surface area contributed by atoms with Crippen LogP contribution in [0.2, 0.25) is 0 Å². The molecular formula is C20H22N4O2. The average Bonchev–Trinajstić information content (AvgIpc) is 3.08. The highest BCUT2D eigenvalue weighted by Crippen LogP contribution is 2.23. The van der Waals surface area contributed by atoms with Crippen LogP contribution in [0.5, 0.6) is 5.75 Å². The van der Waals surface area contributed by atoms with Crippen molar-refractivity contribution in [3.8, 4) is 5.75 Å². The number of hydrogen-bond donors (Lipinski definition) is 3. The van der Waals surface area contributed by atoms with Gasteiger partial charge in [0, 0.05) is 47.5 Å². The average molecular weight is 350 g/mol. The third kappa shape index (κ3) is 3.54. The first kappa shape index (κ1) is 17.5. The Morgan fingerprint density at radius 2 is 2.00 bits per heavy atom. The van der Waals surface area contributed by atoms with Crippen LogP contribution in [-0.4, -0.2) is 35.3 Å². The molecule has 3 aromatic rings. The van der Waals surface area contributed by atoms with E-state index in [4.69, 9.17) is 0 Å². The monoisotopic (exact) mass is 350 g/mol. The van der Waals surface area contributed by atoms with Gasteiger partial charge in [0.05, 0.1) is 11.8 Å². The minimum Gasteiger partial charge on any atom is -0.507 e. The van der Waals surface area contributed by atoms with Gasteiger partial charge in [-0.2, -0.15) is 5.10 Å². The van der Waals surface area contributed by atoms with E-state index in [1.54, 1.807) is 18.3 Å². The Bertz CT molecular complexity index is 942. The molecule has 3 rings (SSSR count). The minimum atomic E-state index is -0.307. The Morgan fingerprint density at radius 3 is 2.73 bits per heavy atom. The van der Waals surface area contributed by atoms with Crippen molar-refractivity contribution in [1.29, 1.82) is 0 Å². The van der Waals surface area contributed by atoms with Gasteiger partial charge < -0.3 is 15.0 Å². The van der Waals surface area contributed by atoms with E-state index in [1.807, 2.05) is 30.3 Å². The van der Waals surface area contributed by atoms with Crippen LogP contribution >= 0.6 is 0 Å². The number of aromatic nitrogens is 1. The van der Waals surface area contributed by atoms with E-state index in [-0.39, 0.29) is 11.7 Å². The number of phenols is 1. The lowest BCUT2D eigenvalue weighted by molar-refractivity contribution is 0.0957. The number of para-hydroxylation sites is 1. The maximum Gasteiger partial charge on any atom is 0.273 e. The number of phenolic OH excluding ortho intramolecular Hbond substituents is 1. The fourth-order valence-electron chi connectivity index (χ4n) is 2.91. The van der Waals surface area contributed by atoms with Gasteiger partial charge in [0.15, 0.2) is 0 Å². The van der Waals surface area contributed by atoms with Crippen LogP contribution in [0.1, 0.15) is 29.8 Å². The second-order valence-corrected chi connectivity index (χ2v) is 5.86. The van der Waals surface area contributed by atoms with E-state index in [2.05, 4.69) is 34.3 Å². The zero-order valence-corrected chi connectivity index (χ0v) is 14.9. The number of carbonyl (C=O) groups excluding carboxylic acids is 1. The van der Waals surface area contributed by atoms with Crippen LogP contribution in [-0.2, 0) is 0 Å². The number of nitrogens with zero attached hydrogens (tertiary/aromatic N) is 2. The van der Waals surface area contributed by atoms with Crippen molar-refractivity contribution in [3.05, 3.63) is 59.8 Å². The summed E-state index contributed by atoms with van der Waals surface area (Å²) in [7, 11) is 0. The van der Waals surface area contributed by atoms with Gasteiger partial charge in [0.25, 0.3) is 5.91 Å². The van der Waals surface area contributed by atoms with E-state index < -0.39 is 0 Å². The number of benzene rings is 2. The second kappa shape index (κ2) is 7.74. The molecule has 6 heteroatoms. The molecule has 0 bridgehead atoms. The van der Waals surface area contributed by atoms with Crippen LogP contribution in [0.3, 0.4) is 0 Å². The molecular weight excluding hydrogens is 328 g/mol. The molecule has 0 radical (unpaired) electrons. The van der Waals surface area contributed by atoms with E-state index in [0.717, 1.165) is 29.7 Å². The van der Waals surface area contributed by atoms with Crippen molar-refractivity contribution in [2.24, 2.45) is 5.10 Å². The van der Waals surface area contributed by atoms with Crippen molar-refractivity contribution >= 4 is 28.7 Å². The summed E-state index contributed by atoms with van der Waals surface area (Å²) in [5.41, 5.74) is 5.42. The summed E-state index contributed by atoms with van der Waals surface area (Å²) in [5, 5.41) is 15.0. The van der Waals surface area contributed by atoms with E-state index >= 15 is 0 Å². The Hall–Kier alpha value is -3.28. The highest BCUT2D eigenvalue weighted by Gasteiger charge is 2.11. The van der Waals surface area contributed by atoms with Crippen LogP contribution in [0.4, 0.5) is 5.69 Å². The Morgan fingerprint density at radius 1 is 1.23 bits per heavy atom. The maximum absolute atomic E-state index is 12.3. The van der Waals surface area contributed by atoms with Crippen molar-refractivity contribution in [2.75, 3.05) is 18.0 Å². The molecule has 3 N–H and O–H groups in total. The SMILES string of the molecule is CCN(CC)c1ccc(/C=N\NC(=O)c2c[nH]c3ccccc23)c(O)c1. The van der Waals surface area contributed by atoms with Gasteiger partial charge in [-0.05, 0) is 32.0 Å². The number of fused-ring (bicyclic) bond motifs is 1. The van der Waals surface area contributed by atoms with E-state index in [1.165, 1.54) is 6.21 Å². The van der Waals surface area contributed by atoms with Crippen molar-refractivity contribution in [1.82, 2.24) is 10.4 Å². The topological polar surface area (TPSA) is 80.7 Å². The molecule has 0 saturated heterocycles. The predicted molar refractivity (Wildman–Crippen MR) is 105 cm³/mol. The molecule has 1 heterocycles.